The van der Waals surface area contributed by atoms with Crippen molar-refractivity contribution in [2.75, 3.05) is 51.3 Å². The maximum absolute atomic E-state index is 14.3. The highest BCUT2D eigenvalue weighted by Crippen LogP contribution is 2.23. The SMILES string of the molecule is CC[C@@H](C)CN(CC(=O)N1CCN(c2ccc(-c3cccc(OC)c3)nn2)CC1)C(=O)c1ccccc1F. The fourth-order valence-corrected chi connectivity index (χ4v) is 4.41. The molecule has 0 aliphatic carbocycles. The van der Waals surface area contributed by atoms with Crippen molar-refractivity contribution < 1.29 is 18.7 Å². The molecule has 0 bridgehead atoms. The molecule has 1 fully saturated rings. The Kier molecular flexibility index (Phi) is 8.89. The van der Waals surface area contributed by atoms with Crippen LogP contribution in [0.2, 0.25) is 0 Å². The number of amides is 2. The van der Waals surface area contributed by atoms with Crippen LogP contribution in [0.15, 0.2) is 60.7 Å². The fourth-order valence-electron chi connectivity index (χ4n) is 4.41. The van der Waals surface area contributed by atoms with E-state index >= 15 is 0 Å². The summed E-state index contributed by atoms with van der Waals surface area (Å²) in [6.45, 7) is 6.58. The van der Waals surface area contributed by atoms with Gasteiger partial charge in [0.2, 0.25) is 5.91 Å². The van der Waals surface area contributed by atoms with Crippen LogP contribution in [-0.4, -0.2) is 78.2 Å². The van der Waals surface area contributed by atoms with Gasteiger partial charge in [0.05, 0.1) is 18.4 Å². The Morgan fingerprint density at radius 3 is 2.45 bits per heavy atom. The quantitative estimate of drug-likeness (QED) is 0.423. The van der Waals surface area contributed by atoms with Gasteiger partial charge in [-0.25, -0.2) is 4.39 Å². The minimum Gasteiger partial charge on any atom is -0.497 e. The normalized spacial score (nSPS) is 14.2. The van der Waals surface area contributed by atoms with Gasteiger partial charge in [-0.1, -0.05) is 44.5 Å². The monoisotopic (exact) mass is 519 g/mol. The predicted octanol–water partition coefficient (Wildman–Crippen LogP) is 4.13. The van der Waals surface area contributed by atoms with Crippen molar-refractivity contribution in [2.45, 2.75) is 20.3 Å². The van der Waals surface area contributed by atoms with Gasteiger partial charge in [0.15, 0.2) is 5.82 Å². The van der Waals surface area contributed by atoms with Crippen molar-refractivity contribution in [2.24, 2.45) is 5.92 Å². The Bertz CT molecular complexity index is 1240. The maximum atomic E-state index is 14.3. The molecule has 2 heterocycles. The first kappa shape index (κ1) is 27.0. The summed E-state index contributed by atoms with van der Waals surface area (Å²) >= 11 is 0. The van der Waals surface area contributed by atoms with E-state index in [9.17, 15) is 14.0 Å². The number of hydrogen-bond donors (Lipinski definition) is 0. The third-order valence-corrected chi connectivity index (χ3v) is 6.92. The molecular weight excluding hydrogens is 485 g/mol. The number of rotatable bonds is 9. The average molecular weight is 520 g/mol. The zero-order valence-electron chi connectivity index (χ0n) is 22.1. The van der Waals surface area contributed by atoms with Gasteiger partial charge in [-0.05, 0) is 42.3 Å². The van der Waals surface area contributed by atoms with Crippen LogP contribution in [-0.2, 0) is 4.79 Å². The highest BCUT2D eigenvalue weighted by Gasteiger charge is 2.27. The van der Waals surface area contributed by atoms with Crippen molar-refractivity contribution >= 4 is 17.6 Å². The van der Waals surface area contributed by atoms with Crippen molar-refractivity contribution in [3.8, 4) is 17.0 Å². The summed E-state index contributed by atoms with van der Waals surface area (Å²) in [7, 11) is 1.63. The lowest BCUT2D eigenvalue weighted by molar-refractivity contribution is -0.132. The summed E-state index contributed by atoms with van der Waals surface area (Å²) in [5, 5.41) is 8.78. The Balaban J connectivity index is 1.37. The second-order valence-electron chi connectivity index (χ2n) is 9.56. The highest BCUT2D eigenvalue weighted by molar-refractivity contribution is 5.96. The number of ether oxygens (including phenoxy) is 1. The first-order chi connectivity index (χ1) is 18.4. The van der Waals surface area contributed by atoms with Gasteiger partial charge in [0.1, 0.15) is 18.1 Å². The van der Waals surface area contributed by atoms with Crippen molar-refractivity contribution in [1.82, 2.24) is 20.0 Å². The lowest BCUT2D eigenvalue weighted by Gasteiger charge is -2.36. The van der Waals surface area contributed by atoms with Gasteiger partial charge in [-0.15, -0.1) is 10.2 Å². The van der Waals surface area contributed by atoms with Crippen LogP contribution in [0.5, 0.6) is 5.75 Å². The molecule has 0 N–H and O–H groups in total. The van der Waals surface area contributed by atoms with Gasteiger partial charge in [-0.2, -0.15) is 0 Å². The molecule has 0 radical (unpaired) electrons. The van der Waals surface area contributed by atoms with E-state index in [0.717, 1.165) is 29.2 Å². The highest BCUT2D eigenvalue weighted by atomic mass is 19.1. The van der Waals surface area contributed by atoms with Crippen LogP contribution in [0.3, 0.4) is 0 Å². The number of carbonyl (C=O) groups excluding carboxylic acids is 2. The molecule has 3 aromatic rings. The van der Waals surface area contributed by atoms with E-state index in [1.807, 2.05) is 50.2 Å². The number of piperazine rings is 1. The number of methoxy groups -OCH3 is 1. The molecule has 200 valence electrons. The molecule has 0 unspecified atom stereocenters. The molecule has 2 aromatic carbocycles. The molecule has 38 heavy (non-hydrogen) atoms. The van der Waals surface area contributed by atoms with Crippen molar-refractivity contribution in [3.05, 3.63) is 72.0 Å². The van der Waals surface area contributed by atoms with Crippen LogP contribution in [0.4, 0.5) is 10.2 Å². The van der Waals surface area contributed by atoms with E-state index in [4.69, 9.17) is 4.74 Å². The fraction of sp³-hybridized carbons (Fsp3) is 0.379. The molecule has 2 amide bonds. The lowest BCUT2D eigenvalue weighted by atomic mass is 10.1. The molecule has 4 rings (SSSR count). The minimum atomic E-state index is -0.578. The van der Waals surface area contributed by atoms with E-state index in [0.29, 0.717) is 32.7 Å². The van der Waals surface area contributed by atoms with Crippen molar-refractivity contribution in [3.63, 3.8) is 0 Å². The van der Waals surface area contributed by atoms with Crippen LogP contribution in [0.25, 0.3) is 11.3 Å². The molecule has 1 aromatic heterocycles. The summed E-state index contributed by atoms with van der Waals surface area (Å²) in [4.78, 5) is 31.6. The standard InChI is InChI=1S/C29H34FN5O3/c1-4-21(2)19-35(29(37)24-10-5-6-11-25(24)30)20-28(36)34-16-14-33(15-17-34)27-13-12-26(31-32-27)22-8-7-9-23(18-22)38-3/h5-13,18,21H,4,14-17,19-20H2,1-3H3/t21-/m1/s1. The molecule has 1 aliphatic rings. The van der Waals surface area contributed by atoms with Crippen LogP contribution < -0.4 is 9.64 Å². The molecule has 9 heteroatoms. The second kappa shape index (κ2) is 12.5. The van der Waals surface area contributed by atoms with E-state index < -0.39 is 11.7 Å². The van der Waals surface area contributed by atoms with Crippen LogP contribution in [0.1, 0.15) is 30.6 Å². The van der Waals surface area contributed by atoms with Crippen LogP contribution in [0, 0.1) is 11.7 Å². The number of benzene rings is 2. The van der Waals surface area contributed by atoms with E-state index in [1.54, 1.807) is 24.1 Å². The molecule has 8 nitrogen and oxygen atoms in total. The molecular formula is C29H34FN5O3. The second-order valence-corrected chi connectivity index (χ2v) is 9.56. The summed E-state index contributed by atoms with van der Waals surface area (Å²) in [5.74, 6) is 0.517. The predicted molar refractivity (Wildman–Crippen MR) is 145 cm³/mol. The number of hydrogen-bond acceptors (Lipinski definition) is 6. The van der Waals surface area contributed by atoms with Crippen LogP contribution >= 0.6 is 0 Å². The zero-order valence-corrected chi connectivity index (χ0v) is 22.1. The van der Waals surface area contributed by atoms with E-state index in [1.165, 1.54) is 17.0 Å². The smallest absolute Gasteiger partial charge is 0.257 e. The van der Waals surface area contributed by atoms with Crippen molar-refractivity contribution in [1.29, 1.82) is 0 Å². The van der Waals surface area contributed by atoms with Gasteiger partial charge in [0.25, 0.3) is 5.91 Å². The number of nitrogens with zero attached hydrogens (tertiary/aromatic N) is 5. The number of halogens is 1. The average Bonchev–Trinajstić information content (AvgIpc) is 2.96. The molecule has 1 aliphatic heterocycles. The number of aromatic nitrogens is 2. The molecule has 0 spiro atoms. The topological polar surface area (TPSA) is 78.9 Å². The summed E-state index contributed by atoms with van der Waals surface area (Å²) in [6, 6.07) is 17.4. The zero-order chi connectivity index (χ0) is 27.1. The molecule has 1 saturated heterocycles. The minimum absolute atomic E-state index is 0.00982. The molecule has 1 atom stereocenters. The summed E-state index contributed by atoms with van der Waals surface area (Å²) < 4.78 is 19.6. The Morgan fingerprint density at radius 1 is 1.03 bits per heavy atom. The van der Waals surface area contributed by atoms with E-state index in [2.05, 4.69) is 15.1 Å². The Labute approximate surface area is 223 Å². The Hall–Kier alpha value is -4.01. The third-order valence-electron chi connectivity index (χ3n) is 6.92. The van der Waals surface area contributed by atoms with Gasteiger partial charge < -0.3 is 19.4 Å². The van der Waals surface area contributed by atoms with Gasteiger partial charge in [0, 0.05) is 38.3 Å². The largest absolute Gasteiger partial charge is 0.497 e. The number of anilines is 1. The first-order valence-corrected chi connectivity index (χ1v) is 12.9. The molecule has 0 saturated carbocycles. The van der Waals surface area contributed by atoms with E-state index in [-0.39, 0.29) is 23.9 Å². The summed E-state index contributed by atoms with van der Waals surface area (Å²) in [5.41, 5.74) is 1.66. The third kappa shape index (κ3) is 6.45. The lowest BCUT2D eigenvalue weighted by Crippen LogP contribution is -2.52. The van der Waals surface area contributed by atoms with Gasteiger partial charge in [-0.3, -0.25) is 9.59 Å². The Morgan fingerprint density at radius 2 is 1.79 bits per heavy atom. The number of carbonyl (C=O) groups is 2. The van der Waals surface area contributed by atoms with Gasteiger partial charge >= 0.3 is 0 Å². The summed E-state index contributed by atoms with van der Waals surface area (Å²) in [6.07, 6.45) is 0.853. The maximum Gasteiger partial charge on any atom is 0.257 e. The first-order valence-electron chi connectivity index (χ1n) is 12.9.